The molecule has 2 heterocycles. The summed E-state index contributed by atoms with van der Waals surface area (Å²) in [5.74, 6) is 1.78. The van der Waals surface area contributed by atoms with Crippen molar-refractivity contribution in [1.82, 2.24) is 0 Å². The summed E-state index contributed by atoms with van der Waals surface area (Å²) in [6.07, 6.45) is 0. The number of anilines is 6. The second kappa shape index (κ2) is 12.6. The molecule has 58 heavy (non-hydrogen) atoms. The third-order valence-corrected chi connectivity index (χ3v) is 13.0. The van der Waals surface area contributed by atoms with Crippen LogP contribution in [0.3, 0.4) is 0 Å². The van der Waals surface area contributed by atoms with E-state index < -0.39 is 0 Å². The molecule has 2 aliphatic heterocycles. The van der Waals surface area contributed by atoms with Crippen LogP contribution in [0, 0.1) is 6.92 Å². The molecule has 280 valence electrons. The molecule has 1 aliphatic carbocycles. The van der Waals surface area contributed by atoms with Gasteiger partial charge in [-0.25, -0.2) is 0 Å². The number of aryl methyl sites for hydroxylation is 1. The second-order valence-corrected chi connectivity index (χ2v) is 17.1. The van der Waals surface area contributed by atoms with Crippen molar-refractivity contribution in [3.05, 3.63) is 204 Å². The highest BCUT2D eigenvalue weighted by molar-refractivity contribution is 5.96. The van der Waals surface area contributed by atoms with E-state index in [1.165, 1.54) is 55.8 Å². The fraction of sp³-hybridized carbons (Fsp3) is 0.127. The zero-order valence-corrected chi connectivity index (χ0v) is 33.5. The Kier molecular flexibility index (Phi) is 7.46. The van der Waals surface area contributed by atoms with Crippen molar-refractivity contribution in [1.29, 1.82) is 0 Å². The molecular formula is C55H44N2O. The second-order valence-electron chi connectivity index (χ2n) is 17.1. The molecule has 0 amide bonds. The molecule has 0 atom stereocenters. The Hall–Kier alpha value is -6.84. The van der Waals surface area contributed by atoms with E-state index in [0.29, 0.717) is 0 Å². The van der Waals surface area contributed by atoms with Gasteiger partial charge in [-0.2, -0.15) is 0 Å². The SMILES string of the molecule is Cc1cccc2c1N1c3ccccc3C(C)(C)c3cc(-c4ccc(-c5ccc(N(c6ccccc6)c6ccc7c(c6)C(C)(C)c6ccccc6-7)cc5)cc4)cc(c31)O2. The maximum absolute atomic E-state index is 6.76. The van der Waals surface area contributed by atoms with Gasteiger partial charge in [0, 0.05) is 27.9 Å². The minimum atomic E-state index is -0.215. The minimum Gasteiger partial charge on any atom is -0.453 e. The molecule has 0 saturated heterocycles. The van der Waals surface area contributed by atoms with Crippen molar-refractivity contribution in [3.8, 4) is 44.9 Å². The van der Waals surface area contributed by atoms with Crippen LogP contribution in [0.4, 0.5) is 34.1 Å². The van der Waals surface area contributed by atoms with Gasteiger partial charge in [0.2, 0.25) is 0 Å². The molecule has 0 bridgehead atoms. The standard InChI is InChI=1S/C55H44N2O/c1-35-14-13-21-50-52(35)57-49-20-12-11-19-46(49)55(4,5)48-32-39(33-51(58-50)53(48)57)38-24-22-36(23-25-38)37-26-28-41(29-27-37)56(40-15-7-6-8-16-40)42-30-31-44-43-17-9-10-18-45(43)54(2,3)47(44)34-42/h6-34H,1-5H3. The van der Waals surface area contributed by atoms with Gasteiger partial charge in [0.15, 0.2) is 11.5 Å². The molecular weight excluding hydrogens is 705 g/mol. The lowest BCUT2D eigenvalue weighted by molar-refractivity contribution is 0.471. The molecule has 0 unspecified atom stereocenters. The number of hydrogen-bond acceptors (Lipinski definition) is 3. The van der Waals surface area contributed by atoms with E-state index in [9.17, 15) is 0 Å². The Balaban J connectivity index is 0.938. The molecule has 0 aromatic heterocycles. The van der Waals surface area contributed by atoms with Crippen molar-refractivity contribution in [3.63, 3.8) is 0 Å². The Labute approximate surface area is 341 Å². The first-order chi connectivity index (χ1) is 28.2. The third kappa shape index (κ3) is 5.06. The lowest BCUT2D eigenvalue weighted by Gasteiger charge is -2.45. The Morgan fingerprint density at radius 3 is 1.76 bits per heavy atom. The van der Waals surface area contributed by atoms with E-state index in [2.05, 4.69) is 220 Å². The predicted molar refractivity (Wildman–Crippen MR) is 241 cm³/mol. The summed E-state index contributed by atoms with van der Waals surface area (Å²) in [5.41, 5.74) is 20.5. The normalized spacial score (nSPS) is 14.7. The highest BCUT2D eigenvalue weighted by Crippen LogP contribution is 2.61. The van der Waals surface area contributed by atoms with E-state index in [0.717, 1.165) is 51.1 Å². The Morgan fingerprint density at radius 1 is 0.414 bits per heavy atom. The van der Waals surface area contributed by atoms with Gasteiger partial charge < -0.3 is 14.5 Å². The Bertz CT molecular complexity index is 2920. The molecule has 8 aromatic rings. The minimum absolute atomic E-state index is 0.0734. The molecule has 3 heteroatoms. The van der Waals surface area contributed by atoms with Gasteiger partial charge in [0.05, 0.1) is 17.1 Å². The third-order valence-electron chi connectivity index (χ3n) is 13.0. The summed E-state index contributed by atoms with van der Waals surface area (Å²) < 4.78 is 6.76. The number of para-hydroxylation sites is 3. The molecule has 0 N–H and O–H groups in total. The quantitative estimate of drug-likeness (QED) is 0.174. The first-order valence-electron chi connectivity index (χ1n) is 20.3. The summed E-state index contributed by atoms with van der Waals surface area (Å²) in [6.45, 7) is 11.5. The van der Waals surface area contributed by atoms with Crippen molar-refractivity contribution in [2.45, 2.75) is 45.4 Å². The molecule has 3 aliphatic rings. The molecule has 3 nitrogen and oxygen atoms in total. The van der Waals surface area contributed by atoms with Crippen molar-refractivity contribution < 1.29 is 4.74 Å². The number of benzene rings is 8. The predicted octanol–water partition coefficient (Wildman–Crippen LogP) is 15.3. The topological polar surface area (TPSA) is 15.7 Å². The van der Waals surface area contributed by atoms with Crippen LogP contribution in [0.1, 0.15) is 55.5 Å². The van der Waals surface area contributed by atoms with Crippen LogP contribution in [-0.4, -0.2) is 0 Å². The lowest BCUT2D eigenvalue weighted by Crippen LogP contribution is -2.32. The van der Waals surface area contributed by atoms with Gasteiger partial charge >= 0.3 is 0 Å². The van der Waals surface area contributed by atoms with E-state index in [1.807, 2.05) is 0 Å². The van der Waals surface area contributed by atoms with Gasteiger partial charge in [-0.05, 0) is 129 Å². The highest BCUT2D eigenvalue weighted by Gasteiger charge is 2.42. The number of rotatable bonds is 5. The van der Waals surface area contributed by atoms with Crippen LogP contribution >= 0.6 is 0 Å². The van der Waals surface area contributed by atoms with Gasteiger partial charge in [-0.15, -0.1) is 0 Å². The molecule has 0 fully saturated rings. The fourth-order valence-corrected chi connectivity index (χ4v) is 9.89. The molecule has 11 rings (SSSR count). The van der Waals surface area contributed by atoms with Gasteiger partial charge in [0.1, 0.15) is 0 Å². The van der Waals surface area contributed by atoms with Gasteiger partial charge in [-0.3, -0.25) is 0 Å². The summed E-state index contributed by atoms with van der Waals surface area (Å²) in [7, 11) is 0. The monoisotopic (exact) mass is 748 g/mol. The zero-order valence-electron chi connectivity index (χ0n) is 33.5. The molecule has 0 saturated carbocycles. The van der Waals surface area contributed by atoms with Crippen molar-refractivity contribution >= 4 is 34.1 Å². The Morgan fingerprint density at radius 2 is 1.00 bits per heavy atom. The number of fused-ring (bicyclic) bond motifs is 7. The zero-order chi connectivity index (χ0) is 39.3. The van der Waals surface area contributed by atoms with E-state index in [4.69, 9.17) is 4.74 Å². The van der Waals surface area contributed by atoms with Crippen LogP contribution in [0.5, 0.6) is 11.5 Å². The summed E-state index contributed by atoms with van der Waals surface area (Å²) in [6, 6.07) is 64.3. The smallest absolute Gasteiger partial charge is 0.152 e. The van der Waals surface area contributed by atoms with Crippen LogP contribution < -0.4 is 14.5 Å². The average Bonchev–Trinajstić information content (AvgIpc) is 3.48. The van der Waals surface area contributed by atoms with Gasteiger partial charge in [-0.1, -0.05) is 143 Å². The summed E-state index contributed by atoms with van der Waals surface area (Å²) in [5, 5.41) is 0. The first-order valence-corrected chi connectivity index (χ1v) is 20.3. The van der Waals surface area contributed by atoms with E-state index >= 15 is 0 Å². The van der Waals surface area contributed by atoms with E-state index in [-0.39, 0.29) is 10.8 Å². The molecule has 8 aromatic carbocycles. The lowest BCUT2D eigenvalue weighted by atomic mass is 9.72. The number of nitrogens with zero attached hydrogens (tertiary/aromatic N) is 2. The number of hydrogen-bond donors (Lipinski definition) is 0. The van der Waals surface area contributed by atoms with Crippen molar-refractivity contribution in [2.75, 3.05) is 9.80 Å². The maximum atomic E-state index is 6.76. The summed E-state index contributed by atoms with van der Waals surface area (Å²) in [4.78, 5) is 4.80. The largest absolute Gasteiger partial charge is 0.453 e. The molecule has 0 spiro atoms. The van der Waals surface area contributed by atoms with Crippen LogP contribution in [0.15, 0.2) is 176 Å². The van der Waals surface area contributed by atoms with Crippen LogP contribution in [0.2, 0.25) is 0 Å². The van der Waals surface area contributed by atoms with Crippen molar-refractivity contribution in [2.24, 2.45) is 0 Å². The fourth-order valence-electron chi connectivity index (χ4n) is 9.89. The maximum Gasteiger partial charge on any atom is 0.152 e. The van der Waals surface area contributed by atoms with Crippen LogP contribution in [-0.2, 0) is 10.8 Å². The average molecular weight is 749 g/mol. The molecule has 0 radical (unpaired) electrons. The van der Waals surface area contributed by atoms with Crippen LogP contribution in [0.25, 0.3) is 33.4 Å². The van der Waals surface area contributed by atoms with Gasteiger partial charge in [0.25, 0.3) is 0 Å². The number of ether oxygens (including phenoxy) is 1. The van der Waals surface area contributed by atoms with E-state index in [1.54, 1.807) is 0 Å². The summed E-state index contributed by atoms with van der Waals surface area (Å²) >= 11 is 0. The first kappa shape index (κ1) is 34.4. The highest BCUT2D eigenvalue weighted by atomic mass is 16.5.